The second-order valence-electron chi connectivity index (χ2n) is 8.29. The molecule has 0 spiro atoms. The molecule has 1 fully saturated rings. The van der Waals surface area contributed by atoms with Gasteiger partial charge in [0.1, 0.15) is 6.61 Å². The number of nitrogens with one attached hydrogen (secondary N) is 1. The Morgan fingerprint density at radius 3 is 2.25 bits per heavy atom. The van der Waals surface area contributed by atoms with Gasteiger partial charge in [0.15, 0.2) is 11.5 Å². The lowest BCUT2D eigenvalue weighted by atomic mass is 10.0. The first-order valence-electron chi connectivity index (χ1n) is 11.2. The van der Waals surface area contributed by atoms with Crippen LogP contribution in [0.4, 0.5) is 0 Å². The van der Waals surface area contributed by atoms with Crippen molar-refractivity contribution >= 4 is 11.6 Å². The molecule has 0 unspecified atom stereocenters. The van der Waals surface area contributed by atoms with Gasteiger partial charge in [-0.05, 0) is 43.1 Å². The van der Waals surface area contributed by atoms with Gasteiger partial charge in [0.25, 0.3) is 0 Å². The maximum Gasteiger partial charge on any atom is 0.166 e. The highest BCUT2D eigenvalue weighted by atomic mass is 35.5. The smallest absolute Gasteiger partial charge is 0.166 e. The zero-order chi connectivity index (χ0) is 22.2. The number of benzene rings is 3. The van der Waals surface area contributed by atoms with Gasteiger partial charge >= 0.3 is 0 Å². The molecule has 168 valence electrons. The van der Waals surface area contributed by atoms with E-state index in [9.17, 15) is 0 Å². The fourth-order valence-electron chi connectivity index (χ4n) is 4.19. The Bertz CT molecular complexity index is 974. The van der Waals surface area contributed by atoms with Gasteiger partial charge in [0.05, 0.1) is 7.11 Å². The predicted octanol–water partition coefficient (Wildman–Crippen LogP) is 5.68. The second kappa shape index (κ2) is 11.4. The quantitative estimate of drug-likeness (QED) is 0.454. The van der Waals surface area contributed by atoms with Crippen LogP contribution in [-0.2, 0) is 19.7 Å². The average molecular weight is 451 g/mol. The molecule has 0 bridgehead atoms. The van der Waals surface area contributed by atoms with Crippen molar-refractivity contribution in [2.45, 2.75) is 38.6 Å². The minimum Gasteiger partial charge on any atom is -0.493 e. The fourth-order valence-corrected chi connectivity index (χ4v) is 4.42. The highest BCUT2D eigenvalue weighted by molar-refractivity contribution is 6.30. The first-order chi connectivity index (χ1) is 15.7. The van der Waals surface area contributed by atoms with Gasteiger partial charge in [-0.1, -0.05) is 72.3 Å². The third kappa shape index (κ3) is 6.26. The summed E-state index contributed by atoms with van der Waals surface area (Å²) in [5.41, 5.74) is 3.52. The third-order valence-corrected chi connectivity index (χ3v) is 6.18. The van der Waals surface area contributed by atoms with E-state index in [0.717, 1.165) is 49.4 Å². The van der Waals surface area contributed by atoms with Crippen molar-refractivity contribution in [3.63, 3.8) is 0 Å². The molecule has 32 heavy (non-hydrogen) atoms. The molecule has 1 aliphatic heterocycles. The topological polar surface area (TPSA) is 33.7 Å². The Labute approximate surface area is 196 Å². The van der Waals surface area contributed by atoms with E-state index >= 15 is 0 Å². The number of hydrogen-bond acceptors (Lipinski definition) is 4. The Morgan fingerprint density at radius 1 is 0.938 bits per heavy atom. The first-order valence-corrected chi connectivity index (χ1v) is 11.6. The number of piperidine rings is 1. The SMILES string of the molecule is COc1cc(Cl)cc(CNC2CCN(Cc3ccccc3)CC2)c1OCc1ccccc1. The van der Waals surface area contributed by atoms with Crippen LogP contribution >= 0.6 is 11.6 Å². The van der Waals surface area contributed by atoms with E-state index in [0.29, 0.717) is 30.0 Å². The van der Waals surface area contributed by atoms with Crippen LogP contribution in [0.15, 0.2) is 72.8 Å². The Morgan fingerprint density at radius 2 is 1.59 bits per heavy atom. The summed E-state index contributed by atoms with van der Waals surface area (Å²) < 4.78 is 11.8. The van der Waals surface area contributed by atoms with Gasteiger partial charge in [-0.3, -0.25) is 4.90 Å². The normalized spacial score (nSPS) is 14.9. The number of likely N-dealkylation sites (tertiary alicyclic amines) is 1. The van der Waals surface area contributed by atoms with Crippen LogP contribution in [0.25, 0.3) is 0 Å². The summed E-state index contributed by atoms with van der Waals surface area (Å²) in [5.74, 6) is 1.43. The van der Waals surface area contributed by atoms with Crippen molar-refractivity contribution in [1.82, 2.24) is 10.2 Å². The predicted molar refractivity (Wildman–Crippen MR) is 130 cm³/mol. The molecule has 0 aliphatic carbocycles. The molecule has 5 heteroatoms. The van der Waals surface area contributed by atoms with Crippen LogP contribution in [0.2, 0.25) is 5.02 Å². The monoisotopic (exact) mass is 450 g/mol. The molecule has 0 aromatic heterocycles. The lowest BCUT2D eigenvalue weighted by Gasteiger charge is -2.32. The zero-order valence-electron chi connectivity index (χ0n) is 18.6. The molecule has 0 radical (unpaired) electrons. The van der Waals surface area contributed by atoms with Crippen molar-refractivity contribution in [1.29, 1.82) is 0 Å². The van der Waals surface area contributed by atoms with Crippen molar-refractivity contribution in [3.05, 3.63) is 94.5 Å². The van der Waals surface area contributed by atoms with E-state index in [-0.39, 0.29) is 0 Å². The van der Waals surface area contributed by atoms with Gasteiger partial charge in [-0.2, -0.15) is 0 Å². The van der Waals surface area contributed by atoms with E-state index in [2.05, 4.69) is 52.7 Å². The summed E-state index contributed by atoms with van der Waals surface area (Å²) in [4.78, 5) is 2.53. The molecule has 0 atom stereocenters. The van der Waals surface area contributed by atoms with E-state index in [1.807, 2.05) is 30.3 Å². The largest absolute Gasteiger partial charge is 0.493 e. The van der Waals surface area contributed by atoms with Crippen LogP contribution < -0.4 is 14.8 Å². The summed E-state index contributed by atoms with van der Waals surface area (Å²) in [6.07, 6.45) is 2.26. The van der Waals surface area contributed by atoms with Crippen molar-refractivity contribution in [2.24, 2.45) is 0 Å². The lowest BCUT2D eigenvalue weighted by Crippen LogP contribution is -2.41. The van der Waals surface area contributed by atoms with Crippen LogP contribution in [0.1, 0.15) is 29.5 Å². The molecular formula is C27H31ClN2O2. The highest BCUT2D eigenvalue weighted by Crippen LogP contribution is 2.35. The van der Waals surface area contributed by atoms with E-state index in [1.54, 1.807) is 7.11 Å². The van der Waals surface area contributed by atoms with Crippen LogP contribution in [0.5, 0.6) is 11.5 Å². The Balaban J connectivity index is 1.35. The molecule has 3 aromatic rings. The van der Waals surface area contributed by atoms with E-state index in [1.165, 1.54) is 5.56 Å². The Kier molecular flexibility index (Phi) is 8.05. The van der Waals surface area contributed by atoms with Gasteiger partial charge in [0.2, 0.25) is 0 Å². The number of rotatable bonds is 9. The highest BCUT2D eigenvalue weighted by Gasteiger charge is 2.20. The number of halogens is 1. The number of hydrogen-bond donors (Lipinski definition) is 1. The number of nitrogens with zero attached hydrogens (tertiary/aromatic N) is 1. The van der Waals surface area contributed by atoms with Crippen molar-refractivity contribution in [3.8, 4) is 11.5 Å². The molecule has 1 saturated heterocycles. The average Bonchev–Trinajstić information content (AvgIpc) is 2.84. The molecule has 1 aliphatic rings. The molecule has 3 aromatic carbocycles. The minimum atomic E-state index is 0.481. The Hall–Kier alpha value is -2.53. The summed E-state index contributed by atoms with van der Waals surface area (Å²) in [7, 11) is 1.65. The van der Waals surface area contributed by atoms with E-state index < -0.39 is 0 Å². The second-order valence-corrected chi connectivity index (χ2v) is 8.72. The maximum absolute atomic E-state index is 6.37. The molecule has 1 N–H and O–H groups in total. The lowest BCUT2D eigenvalue weighted by molar-refractivity contribution is 0.189. The molecule has 0 amide bonds. The van der Waals surface area contributed by atoms with Gasteiger partial charge in [0, 0.05) is 35.8 Å². The molecule has 4 nitrogen and oxygen atoms in total. The number of ether oxygens (including phenoxy) is 2. The van der Waals surface area contributed by atoms with Crippen LogP contribution in [0.3, 0.4) is 0 Å². The molecule has 0 saturated carbocycles. The van der Waals surface area contributed by atoms with Crippen LogP contribution in [-0.4, -0.2) is 31.1 Å². The van der Waals surface area contributed by atoms with Crippen molar-refractivity contribution in [2.75, 3.05) is 20.2 Å². The number of methoxy groups -OCH3 is 1. The fraction of sp³-hybridized carbons (Fsp3) is 0.333. The molecule has 1 heterocycles. The minimum absolute atomic E-state index is 0.481. The van der Waals surface area contributed by atoms with E-state index in [4.69, 9.17) is 21.1 Å². The first kappa shape index (κ1) is 22.7. The summed E-state index contributed by atoms with van der Waals surface area (Å²) in [5, 5.41) is 4.37. The third-order valence-electron chi connectivity index (χ3n) is 5.96. The molecular weight excluding hydrogens is 420 g/mol. The van der Waals surface area contributed by atoms with Gasteiger partial charge in [-0.15, -0.1) is 0 Å². The summed E-state index contributed by atoms with van der Waals surface area (Å²) in [6.45, 7) is 4.41. The van der Waals surface area contributed by atoms with Crippen LogP contribution in [0, 0.1) is 0 Å². The summed E-state index contributed by atoms with van der Waals surface area (Å²) in [6, 6.07) is 25.1. The molecule has 4 rings (SSSR count). The maximum atomic E-state index is 6.37. The van der Waals surface area contributed by atoms with Gasteiger partial charge in [-0.25, -0.2) is 0 Å². The summed E-state index contributed by atoms with van der Waals surface area (Å²) >= 11 is 6.37. The standard InChI is InChI=1S/C27H31ClN2O2/c1-31-26-17-24(28)16-23(27(26)32-20-22-10-6-3-7-11-22)18-29-25-12-14-30(15-13-25)19-21-8-4-2-5-9-21/h2-11,16-17,25,29H,12-15,18-20H2,1H3. The van der Waals surface area contributed by atoms with Crippen molar-refractivity contribution < 1.29 is 9.47 Å². The van der Waals surface area contributed by atoms with Gasteiger partial charge < -0.3 is 14.8 Å². The zero-order valence-corrected chi connectivity index (χ0v) is 19.4.